The molecule has 2 N–H and O–H groups in total. The van der Waals surface area contributed by atoms with Gasteiger partial charge in [-0.2, -0.15) is 5.10 Å². The third kappa shape index (κ3) is 3.48. The Morgan fingerprint density at radius 2 is 1.91 bits per heavy atom. The molecule has 0 radical (unpaired) electrons. The summed E-state index contributed by atoms with van der Waals surface area (Å²) in [7, 11) is 1.62. The number of pyridine rings is 1. The van der Waals surface area contributed by atoms with Crippen molar-refractivity contribution in [3.63, 3.8) is 0 Å². The highest BCUT2D eigenvalue weighted by atomic mass is 16.5. The van der Waals surface area contributed by atoms with Crippen molar-refractivity contribution in [2.45, 2.75) is 20.4 Å². The smallest absolute Gasteiger partial charge is 0.269 e. The number of aromatic nitrogens is 3. The summed E-state index contributed by atoms with van der Waals surface area (Å²) >= 11 is 0. The summed E-state index contributed by atoms with van der Waals surface area (Å²) in [4.78, 5) is 15.7. The second-order valence-electron chi connectivity index (χ2n) is 4.59. The van der Waals surface area contributed by atoms with Crippen LogP contribution in [-0.4, -0.2) is 27.8 Å². The van der Waals surface area contributed by atoms with Crippen LogP contribution in [0.5, 0.6) is 5.75 Å². The molecular formula is C17H20N4O2. The summed E-state index contributed by atoms with van der Waals surface area (Å²) in [5.74, 6) is 0.238. The van der Waals surface area contributed by atoms with Gasteiger partial charge in [0.2, 0.25) is 0 Å². The minimum absolute atomic E-state index is 0.242. The molecule has 0 fully saturated rings. The van der Waals surface area contributed by atoms with Gasteiger partial charge >= 0.3 is 0 Å². The van der Waals surface area contributed by atoms with Gasteiger partial charge in [0.25, 0.3) is 5.91 Å². The third-order valence-corrected chi connectivity index (χ3v) is 3.23. The second kappa shape index (κ2) is 7.40. The number of ether oxygens (including phenoxy) is 1. The van der Waals surface area contributed by atoms with E-state index < -0.39 is 5.91 Å². The molecule has 120 valence electrons. The molecule has 0 saturated carbocycles. The number of hydrogen-bond donors (Lipinski definition) is 1. The first-order valence-corrected chi connectivity index (χ1v) is 7.43. The largest absolute Gasteiger partial charge is 0.497 e. The Labute approximate surface area is 134 Å². The first-order valence-electron chi connectivity index (χ1n) is 7.43. The zero-order chi connectivity index (χ0) is 16.8. The van der Waals surface area contributed by atoms with E-state index >= 15 is 0 Å². The first kappa shape index (κ1) is 16.5. The lowest BCUT2D eigenvalue weighted by Gasteiger charge is -2.04. The van der Waals surface area contributed by atoms with Crippen molar-refractivity contribution >= 4 is 16.9 Å². The van der Waals surface area contributed by atoms with Crippen LogP contribution in [0.1, 0.15) is 29.9 Å². The maximum atomic E-state index is 11.5. The van der Waals surface area contributed by atoms with Gasteiger partial charge in [0.1, 0.15) is 5.75 Å². The van der Waals surface area contributed by atoms with Gasteiger partial charge in [-0.25, -0.2) is 9.67 Å². The maximum absolute atomic E-state index is 11.5. The lowest BCUT2D eigenvalue weighted by molar-refractivity contribution is 0.0996. The van der Waals surface area contributed by atoms with E-state index in [-0.39, 0.29) is 5.69 Å². The highest BCUT2D eigenvalue weighted by Crippen LogP contribution is 2.18. The fraction of sp³-hybridized carbons (Fsp3) is 0.235. The number of methoxy groups -OCH3 is 1. The Hall–Kier alpha value is -2.89. The van der Waals surface area contributed by atoms with E-state index in [9.17, 15) is 4.79 Å². The number of carbonyl (C=O) groups excluding carboxylic acids is 1. The predicted molar refractivity (Wildman–Crippen MR) is 89.5 cm³/mol. The molecule has 0 aliphatic heterocycles. The zero-order valence-electron chi connectivity index (χ0n) is 13.5. The number of fused-ring (bicyclic) bond motifs is 1. The number of nitrogens with two attached hydrogens (primary N) is 1. The number of rotatable bonds is 4. The van der Waals surface area contributed by atoms with E-state index in [1.54, 1.807) is 30.1 Å². The molecule has 0 bridgehead atoms. The van der Waals surface area contributed by atoms with Crippen LogP contribution in [0.4, 0.5) is 0 Å². The minimum atomic E-state index is -0.554. The molecule has 3 aromatic rings. The van der Waals surface area contributed by atoms with Crippen molar-refractivity contribution in [2.24, 2.45) is 5.73 Å². The van der Waals surface area contributed by atoms with E-state index in [2.05, 4.69) is 10.1 Å². The van der Waals surface area contributed by atoms with Crippen molar-refractivity contribution in [3.05, 3.63) is 53.9 Å². The fourth-order valence-electron chi connectivity index (χ4n) is 2.21. The van der Waals surface area contributed by atoms with Crippen LogP contribution >= 0.6 is 0 Å². The summed E-state index contributed by atoms with van der Waals surface area (Å²) in [6.45, 7) is 4.50. The van der Waals surface area contributed by atoms with Crippen molar-refractivity contribution < 1.29 is 9.53 Å². The average molecular weight is 312 g/mol. The van der Waals surface area contributed by atoms with Crippen LogP contribution < -0.4 is 10.5 Å². The Bertz CT molecular complexity index is 794. The van der Waals surface area contributed by atoms with E-state index in [1.807, 2.05) is 38.1 Å². The predicted octanol–water partition coefficient (Wildman–Crippen LogP) is 2.61. The summed E-state index contributed by atoms with van der Waals surface area (Å²) in [6.07, 6.45) is 1.67. The summed E-state index contributed by atoms with van der Waals surface area (Å²) < 4.78 is 6.81. The zero-order valence-corrected chi connectivity index (χ0v) is 13.5. The van der Waals surface area contributed by atoms with E-state index in [1.165, 1.54) is 0 Å². The van der Waals surface area contributed by atoms with Crippen molar-refractivity contribution in [1.82, 2.24) is 14.8 Å². The second-order valence-corrected chi connectivity index (χ2v) is 4.59. The van der Waals surface area contributed by atoms with Gasteiger partial charge in [0.05, 0.1) is 19.0 Å². The van der Waals surface area contributed by atoms with Crippen LogP contribution in [-0.2, 0) is 6.54 Å². The van der Waals surface area contributed by atoms with Crippen molar-refractivity contribution in [3.8, 4) is 5.75 Å². The molecule has 0 unspecified atom stereocenters. The molecule has 0 aliphatic rings. The third-order valence-electron chi connectivity index (χ3n) is 3.23. The number of primary amides is 1. The van der Waals surface area contributed by atoms with Gasteiger partial charge in [-0.05, 0) is 29.8 Å². The van der Waals surface area contributed by atoms with Crippen molar-refractivity contribution in [2.75, 3.05) is 7.11 Å². The SMILES string of the molecule is CC.COc1ccc(Cn2nc(C(N)=O)c3cccnc32)cc1. The highest BCUT2D eigenvalue weighted by molar-refractivity contribution is 6.03. The average Bonchev–Trinajstić information content (AvgIpc) is 2.96. The summed E-state index contributed by atoms with van der Waals surface area (Å²) in [5.41, 5.74) is 7.28. The monoisotopic (exact) mass is 312 g/mol. The molecule has 0 aliphatic carbocycles. The van der Waals surface area contributed by atoms with Crippen LogP contribution in [0.2, 0.25) is 0 Å². The molecule has 1 amide bonds. The van der Waals surface area contributed by atoms with Crippen molar-refractivity contribution in [1.29, 1.82) is 0 Å². The van der Waals surface area contributed by atoms with Gasteiger partial charge in [-0.15, -0.1) is 0 Å². The number of benzene rings is 1. The Balaban J connectivity index is 0.000000924. The number of amides is 1. The van der Waals surface area contributed by atoms with Crippen LogP contribution in [0.3, 0.4) is 0 Å². The first-order chi connectivity index (χ1) is 11.2. The maximum Gasteiger partial charge on any atom is 0.269 e. The van der Waals surface area contributed by atoms with E-state index in [4.69, 9.17) is 10.5 Å². The molecule has 1 aromatic carbocycles. The van der Waals surface area contributed by atoms with Crippen LogP contribution in [0, 0.1) is 0 Å². The number of hydrogen-bond acceptors (Lipinski definition) is 4. The molecule has 6 nitrogen and oxygen atoms in total. The quantitative estimate of drug-likeness (QED) is 0.802. The highest BCUT2D eigenvalue weighted by Gasteiger charge is 2.15. The molecule has 6 heteroatoms. The van der Waals surface area contributed by atoms with E-state index in [0.29, 0.717) is 17.6 Å². The summed E-state index contributed by atoms with van der Waals surface area (Å²) in [5, 5.41) is 4.94. The molecule has 2 aromatic heterocycles. The Morgan fingerprint density at radius 3 is 2.52 bits per heavy atom. The fourth-order valence-corrected chi connectivity index (χ4v) is 2.21. The molecule has 0 atom stereocenters. The normalized spacial score (nSPS) is 10.0. The summed E-state index contributed by atoms with van der Waals surface area (Å²) in [6, 6.07) is 11.2. The van der Waals surface area contributed by atoms with Crippen LogP contribution in [0.15, 0.2) is 42.6 Å². The Morgan fingerprint density at radius 1 is 1.22 bits per heavy atom. The van der Waals surface area contributed by atoms with Gasteiger partial charge in [0.15, 0.2) is 11.3 Å². The molecule has 0 spiro atoms. The van der Waals surface area contributed by atoms with Gasteiger partial charge in [0, 0.05) is 6.20 Å². The molecule has 2 heterocycles. The molecule has 23 heavy (non-hydrogen) atoms. The van der Waals surface area contributed by atoms with Gasteiger partial charge < -0.3 is 10.5 Å². The standard InChI is InChI=1S/C15H14N4O2.C2H6/c1-21-11-6-4-10(5-7-11)9-19-15-12(3-2-8-17-15)13(18-19)14(16)20;1-2/h2-8H,9H2,1H3,(H2,16,20);1-2H3. The Kier molecular flexibility index (Phi) is 5.30. The number of nitrogens with zero attached hydrogens (tertiary/aromatic N) is 3. The topological polar surface area (TPSA) is 83.0 Å². The minimum Gasteiger partial charge on any atom is -0.497 e. The number of carbonyl (C=O) groups is 1. The van der Waals surface area contributed by atoms with Gasteiger partial charge in [-0.1, -0.05) is 26.0 Å². The lowest BCUT2D eigenvalue weighted by Crippen LogP contribution is -2.13. The van der Waals surface area contributed by atoms with E-state index in [0.717, 1.165) is 11.3 Å². The molecule has 3 rings (SSSR count). The van der Waals surface area contributed by atoms with Crippen LogP contribution in [0.25, 0.3) is 11.0 Å². The molecular weight excluding hydrogens is 292 g/mol. The lowest BCUT2D eigenvalue weighted by atomic mass is 10.2. The van der Waals surface area contributed by atoms with Gasteiger partial charge in [-0.3, -0.25) is 4.79 Å². The molecule has 0 saturated heterocycles.